The molecule has 3 N–H and O–H groups in total. The molecule has 41 heavy (non-hydrogen) atoms. The first-order chi connectivity index (χ1) is 19.4. The third kappa shape index (κ3) is 5.24. The molecular formula is C28H23F5N4O4. The first-order valence-corrected chi connectivity index (χ1v) is 12.6. The number of aromatic amines is 1. The van der Waals surface area contributed by atoms with Gasteiger partial charge in [-0.2, -0.15) is 13.2 Å². The zero-order valence-electron chi connectivity index (χ0n) is 21.7. The Kier molecular flexibility index (Phi) is 7.24. The molecule has 1 saturated carbocycles. The second kappa shape index (κ2) is 10.5. The molecule has 214 valence electrons. The summed E-state index contributed by atoms with van der Waals surface area (Å²) in [6, 6.07) is 3.76. The summed E-state index contributed by atoms with van der Waals surface area (Å²) >= 11 is 0. The second-order valence-corrected chi connectivity index (χ2v) is 9.77. The lowest BCUT2D eigenvalue weighted by Crippen LogP contribution is -2.40. The lowest BCUT2D eigenvalue weighted by molar-refractivity contribution is -0.138. The quantitative estimate of drug-likeness (QED) is 0.277. The highest BCUT2D eigenvalue weighted by molar-refractivity contribution is 6.04. The number of amides is 1. The third-order valence-electron chi connectivity index (χ3n) is 7.13. The van der Waals surface area contributed by atoms with Crippen LogP contribution in [0, 0.1) is 25.5 Å². The Morgan fingerprint density at radius 2 is 1.88 bits per heavy atom. The number of pyridine rings is 3. The molecule has 3 aromatic heterocycles. The number of H-pyrrole nitrogens is 1. The Hall–Kier alpha value is -4.39. The maximum atomic E-state index is 14.2. The molecule has 0 aliphatic heterocycles. The number of alkyl halides is 3. The molecule has 0 bridgehead atoms. The Bertz CT molecular complexity index is 1740. The van der Waals surface area contributed by atoms with Crippen molar-refractivity contribution in [2.24, 2.45) is 0 Å². The lowest BCUT2D eigenvalue weighted by atomic mass is 10.0. The molecule has 0 radical (unpaired) electrons. The molecule has 4 aromatic rings. The number of aromatic nitrogens is 3. The van der Waals surface area contributed by atoms with Gasteiger partial charge in [-0.25, -0.2) is 13.8 Å². The Labute approximate surface area is 229 Å². The van der Waals surface area contributed by atoms with Crippen LogP contribution in [-0.4, -0.2) is 38.1 Å². The van der Waals surface area contributed by atoms with Crippen LogP contribution in [0.3, 0.4) is 0 Å². The van der Waals surface area contributed by atoms with Crippen molar-refractivity contribution < 1.29 is 36.6 Å². The van der Waals surface area contributed by atoms with Crippen molar-refractivity contribution in [1.29, 1.82) is 0 Å². The smallest absolute Gasteiger partial charge is 0.418 e. The summed E-state index contributed by atoms with van der Waals surface area (Å²) in [5, 5.41) is 12.6. The fraction of sp³-hybridized carbons (Fsp3) is 0.286. The highest BCUT2D eigenvalue weighted by Crippen LogP contribution is 2.41. The number of halogens is 5. The number of aliphatic hydroxyl groups excluding tert-OH is 1. The van der Waals surface area contributed by atoms with E-state index in [1.807, 2.05) is 0 Å². The van der Waals surface area contributed by atoms with E-state index in [-0.39, 0.29) is 44.7 Å². The topological polar surface area (TPSA) is 117 Å². The van der Waals surface area contributed by atoms with Gasteiger partial charge in [0, 0.05) is 24.0 Å². The van der Waals surface area contributed by atoms with E-state index in [2.05, 4.69) is 20.3 Å². The monoisotopic (exact) mass is 574 g/mol. The van der Waals surface area contributed by atoms with E-state index in [1.165, 1.54) is 19.2 Å². The van der Waals surface area contributed by atoms with Gasteiger partial charge in [-0.05, 0) is 56.9 Å². The summed E-state index contributed by atoms with van der Waals surface area (Å²) in [6.45, 7) is 2.39. The molecule has 2 atom stereocenters. The highest BCUT2D eigenvalue weighted by Gasteiger charge is 2.35. The van der Waals surface area contributed by atoms with Crippen molar-refractivity contribution in [2.75, 3.05) is 0 Å². The minimum absolute atomic E-state index is 0.0892. The first kappa shape index (κ1) is 28.1. The van der Waals surface area contributed by atoms with Gasteiger partial charge in [0.15, 0.2) is 17.1 Å². The summed E-state index contributed by atoms with van der Waals surface area (Å²) in [5.41, 5.74) is -2.93. The molecule has 0 unspecified atom stereocenters. The van der Waals surface area contributed by atoms with Gasteiger partial charge >= 0.3 is 6.18 Å². The van der Waals surface area contributed by atoms with Crippen LogP contribution in [0.2, 0.25) is 0 Å². The fourth-order valence-corrected chi connectivity index (χ4v) is 4.96. The summed E-state index contributed by atoms with van der Waals surface area (Å²) < 4.78 is 74.9. The molecule has 13 heteroatoms. The molecule has 1 amide bonds. The largest absolute Gasteiger partial charge is 0.438 e. The van der Waals surface area contributed by atoms with Crippen molar-refractivity contribution >= 4 is 16.8 Å². The number of hydrogen-bond donors (Lipinski definition) is 3. The molecule has 0 spiro atoms. The van der Waals surface area contributed by atoms with Crippen LogP contribution in [0.1, 0.15) is 46.4 Å². The van der Waals surface area contributed by atoms with E-state index in [0.29, 0.717) is 19.0 Å². The van der Waals surface area contributed by atoms with E-state index in [1.54, 1.807) is 0 Å². The van der Waals surface area contributed by atoms with Crippen LogP contribution in [0.5, 0.6) is 11.6 Å². The summed E-state index contributed by atoms with van der Waals surface area (Å²) in [4.78, 5) is 37.0. The van der Waals surface area contributed by atoms with Gasteiger partial charge in [-0.15, -0.1) is 0 Å². The predicted octanol–water partition coefficient (Wildman–Crippen LogP) is 5.33. The molecule has 5 rings (SSSR count). The van der Waals surface area contributed by atoms with Gasteiger partial charge in [0.25, 0.3) is 5.91 Å². The minimum atomic E-state index is -4.81. The van der Waals surface area contributed by atoms with Gasteiger partial charge in [-0.3, -0.25) is 14.6 Å². The van der Waals surface area contributed by atoms with Crippen LogP contribution in [0.25, 0.3) is 22.2 Å². The molecule has 1 fully saturated rings. The number of benzene rings is 1. The van der Waals surface area contributed by atoms with E-state index in [4.69, 9.17) is 4.74 Å². The molecule has 1 aromatic carbocycles. The SMILES string of the molecule is Cc1c(Oc2ncc(C(F)(F)F)c(C)c2-c2cc(=O)c3c(C(=O)N[C@@H]4CCC[C@H]4O)nccc3[nH]2)ccc(F)c1F. The number of aliphatic hydroxyl groups is 1. The van der Waals surface area contributed by atoms with Crippen molar-refractivity contribution in [3.63, 3.8) is 0 Å². The van der Waals surface area contributed by atoms with E-state index < -0.39 is 52.7 Å². The standard InChI is InChI=1S/C28H23F5N4O4/c1-12-14(28(31,32)33)11-35-27(41-21-7-6-15(29)24(30)13(21)2)22(12)18-10-20(39)23-17(36-18)8-9-34-25(23)26(40)37-16-4-3-5-19(16)38/h6-11,16,19,38H,3-5H2,1-2H3,(H,36,39)(H,37,40)/t16-,19-/m1/s1. The van der Waals surface area contributed by atoms with Crippen LogP contribution in [0.4, 0.5) is 22.0 Å². The number of fused-ring (bicyclic) bond motifs is 1. The van der Waals surface area contributed by atoms with Gasteiger partial charge in [-0.1, -0.05) is 0 Å². The van der Waals surface area contributed by atoms with Gasteiger partial charge in [0.1, 0.15) is 11.4 Å². The molecule has 3 heterocycles. The predicted molar refractivity (Wildman–Crippen MR) is 138 cm³/mol. The second-order valence-electron chi connectivity index (χ2n) is 9.77. The van der Waals surface area contributed by atoms with Gasteiger partial charge < -0.3 is 20.1 Å². The normalized spacial score (nSPS) is 17.2. The van der Waals surface area contributed by atoms with E-state index >= 15 is 0 Å². The number of carbonyl (C=O) groups excluding carboxylic acids is 1. The molecule has 1 aliphatic carbocycles. The summed E-state index contributed by atoms with van der Waals surface area (Å²) in [6.07, 6.45) is -1.94. The van der Waals surface area contributed by atoms with Crippen LogP contribution in [0.15, 0.2) is 41.5 Å². The Morgan fingerprint density at radius 3 is 2.56 bits per heavy atom. The number of hydrogen-bond acceptors (Lipinski definition) is 6. The third-order valence-corrected chi connectivity index (χ3v) is 7.13. The number of carbonyl (C=O) groups is 1. The zero-order valence-corrected chi connectivity index (χ0v) is 21.7. The summed E-state index contributed by atoms with van der Waals surface area (Å²) in [5.74, 6) is -3.62. The number of nitrogens with zero attached hydrogens (tertiary/aromatic N) is 2. The average Bonchev–Trinajstić information content (AvgIpc) is 3.31. The van der Waals surface area contributed by atoms with Crippen LogP contribution >= 0.6 is 0 Å². The number of nitrogens with one attached hydrogen (secondary N) is 2. The zero-order chi connectivity index (χ0) is 29.6. The van der Waals surface area contributed by atoms with Crippen LogP contribution in [-0.2, 0) is 6.18 Å². The van der Waals surface area contributed by atoms with Gasteiger partial charge in [0.05, 0.1) is 39.9 Å². The number of ether oxygens (including phenoxy) is 1. The van der Waals surface area contributed by atoms with E-state index in [9.17, 15) is 36.6 Å². The van der Waals surface area contributed by atoms with Gasteiger partial charge in [0.2, 0.25) is 5.88 Å². The fourth-order valence-electron chi connectivity index (χ4n) is 4.96. The Morgan fingerprint density at radius 1 is 1.12 bits per heavy atom. The van der Waals surface area contributed by atoms with Crippen molar-refractivity contribution in [3.8, 4) is 22.9 Å². The van der Waals surface area contributed by atoms with E-state index in [0.717, 1.165) is 31.5 Å². The molecule has 8 nitrogen and oxygen atoms in total. The maximum Gasteiger partial charge on any atom is 0.418 e. The number of rotatable bonds is 5. The van der Waals surface area contributed by atoms with Crippen LogP contribution < -0.4 is 15.5 Å². The lowest BCUT2D eigenvalue weighted by Gasteiger charge is -2.19. The molecule has 1 aliphatic rings. The maximum absolute atomic E-state index is 14.2. The first-order valence-electron chi connectivity index (χ1n) is 12.6. The summed E-state index contributed by atoms with van der Waals surface area (Å²) in [7, 11) is 0. The molecular weight excluding hydrogens is 551 g/mol. The minimum Gasteiger partial charge on any atom is -0.438 e. The highest BCUT2D eigenvalue weighted by atomic mass is 19.4. The Balaban J connectivity index is 1.65. The molecule has 0 saturated heterocycles. The van der Waals surface area contributed by atoms with Crippen molar-refractivity contribution in [2.45, 2.75) is 51.4 Å². The average molecular weight is 575 g/mol. The van der Waals surface area contributed by atoms with Crippen molar-refractivity contribution in [1.82, 2.24) is 20.3 Å². The van der Waals surface area contributed by atoms with Crippen molar-refractivity contribution in [3.05, 3.63) is 80.9 Å².